The molecule has 0 amide bonds. The number of nitrogens with zero attached hydrogens (tertiary/aromatic N) is 2. The van der Waals surface area contributed by atoms with Crippen molar-refractivity contribution in [2.45, 2.75) is 26.2 Å². The molecule has 1 aliphatic rings. The quantitative estimate of drug-likeness (QED) is 0.812. The molecule has 6 heteroatoms. The van der Waals surface area contributed by atoms with Crippen LogP contribution in [0.25, 0.3) is 0 Å². The number of rotatable bonds is 5. The molecule has 0 unspecified atom stereocenters. The van der Waals surface area contributed by atoms with Gasteiger partial charge in [0.1, 0.15) is 6.26 Å². The van der Waals surface area contributed by atoms with Gasteiger partial charge in [0.25, 0.3) is 6.01 Å². The maximum Gasteiger partial charge on any atom is 0.360 e. The maximum atomic E-state index is 11.5. The molecule has 2 N–H and O–H groups in total. The summed E-state index contributed by atoms with van der Waals surface area (Å²) in [5.41, 5.74) is 5.81. The molecule has 2 rings (SSSR count). The molecule has 19 heavy (non-hydrogen) atoms. The van der Waals surface area contributed by atoms with Gasteiger partial charge in [0, 0.05) is 13.1 Å². The lowest BCUT2D eigenvalue weighted by molar-refractivity contribution is 0.0519. The van der Waals surface area contributed by atoms with Crippen molar-refractivity contribution in [3.63, 3.8) is 0 Å². The average Bonchev–Trinajstić information content (AvgIpc) is 2.90. The topological polar surface area (TPSA) is 81.6 Å². The van der Waals surface area contributed by atoms with E-state index >= 15 is 0 Å². The van der Waals surface area contributed by atoms with Crippen LogP contribution in [0.4, 0.5) is 6.01 Å². The molecule has 1 saturated heterocycles. The zero-order valence-electron chi connectivity index (χ0n) is 11.3. The van der Waals surface area contributed by atoms with E-state index in [1.165, 1.54) is 6.26 Å². The third-order valence-electron chi connectivity index (χ3n) is 3.44. The van der Waals surface area contributed by atoms with Gasteiger partial charge in [-0.2, -0.15) is 4.98 Å². The Hall–Kier alpha value is -1.56. The van der Waals surface area contributed by atoms with Crippen LogP contribution >= 0.6 is 0 Å². The Morgan fingerprint density at radius 3 is 2.95 bits per heavy atom. The van der Waals surface area contributed by atoms with Gasteiger partial charge in [-0.3, -0.25) is 0 Å². The molecule has 0 atom stereocenters. The largest absolute Gasteiger partial charge is 0.461 e. The normalized spacial score (nSPS) is 16.6. The first-order valence-electron chi connectivity index (χ1n) is 6.82. The second kappa shape index (κ2) is 6.56. The van der Waals surface area contributed by atoms with E-state index < -0.39 is 5.97 Å². The van der Waals surface area contributed by atoms with Crippen LogP contribution in [0.1, 0.15) is 36.7 Å². The van der Waals surface area contributed by atoms with E-state index in [1.807, 2.05) is 0 Å². The molecule has 0 spiro atoms. The van der Waals surface area contributed by atoms with Crippen LogP contribution < -0.4 is 10.6 Å². The summed E-state index contributed by atoms with van der Waals surface area (Å²) < 4.78 is 10.2. The number of aromatic nitrogens is 1. The van der Waals surface area contributed by atoms with Gasteiger partial charge in [0.2, 0.25) is 0 Å². The van der Waals surface area contributed by atoms with E-state index in [0.29, 0.717) is 18.5 Å². The van der Waals surface area contributed by atoms with Crippen molar-refractivity contribution in [2.24, 2.45) is 11.7 Å². The molecule has 6 nitrogen and oxygen atoms in total. The number of hydrogen-bond donors (Lipinski definition) is 1. The highest BCUT2D eigenvalue weighted by molar-refractivity contribution is 5.87. The Kier molecular flexibility index (Phi) is 4.79. The van der Waals surface area contributed by atoms with Crippen LogP contribution in [0, 0.1) is 5.92 Å². The lowest BCUT2D eigenvalue weighted by Crippen LogP contribution is -2.34. The minimum Gasteiger partial charge on any atom is -0.461 e. The molecule has 0 radical (unpaired) electrons. The van der Waals surface area contributed by atoms with E-state index in [9.17, 15) is 4.79 Å². The van der Waals surface area contributed by atoms with Crippen molar-refractivity contribution in [1.82, 2.24) is 4.98 Å². The molecule has 0 bridgehead atoms. The van der Waals surface area contributed by atoms with Crippen molar-refractivity contribution in [3.8, 4) is 0 Å². The van der Waals surface area contributed by atoms with E-state index in [4.69, 9.17) is 14.9 Å². The summed E-state index contributed by atoms with van der Waals surface area (Å²) in [6.45, 7) is 4.64. The van der Waals surface area contributed by atoms with Crippen LogP contribution in [0.5, 0.6) is 0 Å². The Morgan fingerprint density at radius 2 is 2.32 bits per heavy atom. The van der Waals surface area contributed by atoms with Crippen LogP contribution in [0.15, 0.2) is 10.7 Å². The molecule has 1 aliphatic heterocycles. The van der Waals surface area contributed by atoms with Gasteiger partial charge in [-0.05, 0) is 38.6 Å². The molecule has 106 valence electrons. The van der Waals surface area contributed by atoms with Crippen molar-refractivity contribution < 1.29 is 13.9 Å². The van der Waals surface area contributed by atoms with Gasteiger partial charge >= 0.3 is 5.97 Å². The molecule has 0 saturated carbocycles. The predicted octanol–water partition coefficient (Wildman–Crippen LogP) is 1.42. The number of anilines is 1. The Balaban J connectivity index is 1.91. The van der Waals surface area contributed by atoms with E-state index in [0.717, 1.165) is 38.9 Å². The minimum absolute atomic E-state index is 0.237. The lowest BCUT2D eigenvalue weighted by Gasteiger charge is -2.30. The van der Waals surface area contributed by atoms with Crippen molar-refractivity contribution >= 4 is 12.0 Å². The molecule has 1 aromatic heterocycles. The first-order valence-corrected chi connectivity index (χ1v) is 6.82. The van der Waals surface area contributed by atoms with Gasteiger partial charge in [0.15, 0.2) is 5.69 Å². The summed E-state index contributed by atoms with van der Waals surface area (Å²) in [5, 5.41) is 0. The van der Waals surface area contributed by atoms with Crippen LogP contribution in [0.3, 0.4) is 0 Å². The average molecular weight is 267 g/mol. The maximum absolute atomic E-state index is 11.5. The number of carbonyl (C=O) groups excluding carboxylic acids is 1. The fraction of sp³-hybridized carbons (Fsp3) is 0.692. The number of ether oxygens (including phenoxy) is 1. The van der Waals surface area contributed by atoms with E-state index in [-0.39, 0.29) is 5.69 Å². The first-order chi connectivity index (χ1) is 9.24. The van der Waals surface area contributed by atoms with Crippen LogP contribution in [-0.2, 0) is 4.74 Å². The summed E-state index contributed by atoms with van der Waals surface area (Å²) in [7, 11) is 0. The van der Waals surface area contributed by atoms with Crippen molar-refractivity contribution in [1.29, 1.82) is 0 Å². The zero-order chi connectivity index (χ0) is 13.7. The Labute approximate surface area is 112 Å². The summed E-state index contributed by atoms with van der Waals surface area (Å²) >= 11 is 0. The number of hydrogen-bond acceptors (Lipinski definition) is 6. The number of oxazole rings is 1. The Bertz CT molecular complexity index is 411. The summed E-state index contributed by atoms with van der Waals surface area (Å²) in [4.78, 5) is 17.7. The highest BCUT2D eigenvalue weighted by Gasteiger charge is 2.23. The van der Waals surface area contributed by atoms with Crippen molar-refractivity contribution in [2.75, 3.05) is 31.1 Å². The molecule has 2 heterocycles. The number of carbonyl (C=O) groups is 1. The first kappa shape index (κ1) is 13.9. The molecule has 1 aromatic rings. The van der Waals surface area contributed by atoms with Gasteiger partial charge in [-0.1, -0.05) is 0 Å². The number of piperidine rings is 1. The van der Waals surface area contributed by atoms with Crippen molar-refractivity contribution in [3.05, 3.63) is 12.0 Å². The molecule has 1 fully saturated rings. The SMILES string of the molecule is CCOC(=O)c1coc(N2CCC(CCN)CC2)n1. The van der Waals surface area contributed by atoms with Gasteiger partial charge < -0.3 is 19.8 Å². The minimum atomic E-state index is -0.435. The van der Waals surface area contributed by atoms with Crippen LogP contribution in [0.2, 0.25) is 0 Å². The fourth-order valence-electron chi connectivity index (χ4n) is 2.36. The van der Waals surface area contributed by atoms with E-state index in [2.05, 4.69) is 9.88 Å². The second-order valence-corrected chi connectivity index (χ2v) is 4.74. The highest BCUT2D eigenvalue weighted by atomic mass is 16.5. The summed E-state index contributed by atoms with van der Waals surface area (Å²) in [5.74, 6) is 0.260. The monoisotopic (exact) mass is 267 g/mol. The molecular formula is C13H21N3O3. The third kappa shape index (κ3) is 3.47. The number of nitrogens with two attached hydrogens (primary N) is 1. The zero-order valence-corrected chi connectivity index (χ0v) is 11.3. The number of esters is 1. The third-order valence-corrected chi connectivity index (χ3v) is 3.44. The summed E-state index contributed by atoms with van der Waals surface area (Å²) in [6.07, 6.45) is 4.62. The lowest BCUT2D eigenvalue weighted by atomic mass is 9.94. The predicted molar refractivity (Wildman–Crippen MR) is 71.1 cm³/mol. The fourth-order valence-corrected chi connectivity index (χ4v) is 2.36. The standard InChI is InChI=1S/C13H21N3O3/c1-2-18-12(17)11-9-19-13(15-11)16-7-4-10(3-6-14)5-8-16/h9-10H,2-8,14H2,1H3. The van der Waals surface area contributed by atoms with Gasteiger partial charge in [0.05, 0.1) is 6.61 Å². The smallest absolute Gasteiger partial charge is 0.360 e. The van der Waals surface area contributed by atoms with Crippen LogP contribution in [-0.4, -0.2) is 37.2 Å². The Morgan fingerprint density at radius 1 is 1.58 bits per heavy atom. The summed E-state index contributed by atoms with van der Waals surface area (Å²) in [6, 6.07) is 0.509. The highest BCUT2D eigenvalue weighted by Crippen LogP contribution is 2.24. The van der Waals surface area contributed by atoms with E-state index in [1.54, 1.807) is 6.92 Å². The van der Waals surface area contributed by atoms with Gasteiger partial charge in [-0.25, -0.2) is 4.79 Å². The molecular weight excluding hydrogens is 246 g/mol. The molecule has 0 aromatic carbocycles. The molecule has 0 aliphatic carbocycles. The second-order valence-electron chi connectivity index (χ2n) is 4.74. The van der Waals surface area contributed by atoms with Gasteiger partial charge in [-0.15, -0.1) is 0 Å².